The highest BCUT2D eigenvalue weighted by Crippen LogP contribution is 2.39. The molecule has 2 aromatic heterocycles. The molecule has 0 aromatic carbocycles. The van der Waals surface area contributed by atoms with Crippen molar-refractivity contribution >= 4 is 28.6 Å². The monoisotopic (exact) mass is 454 g/mol. The molecule has 4 aliphatic rings. The minimum atomic E-state index is -1.08. The molecule has 8 nitrogen and oxygen atoms in total. The van der Waals surface area contributed by atoms with E-state index in [2.05, 4.69) is 21.2 Å². The molecule has 0 radical (unpaired) electrons. The SMILES string of the molecule is [O-][S@+]1CCc2nc(N3CCc4cc(N5CCCC5)cnc4C3)nc(NC3(CO)CCC3)c21. The van der Waals surface area contributed by atoms with Gasteiger partial charge in [-0.2, -0.15) is 4.98 Å². The van der Waals surface area contributed by atoms with Crippen molar-refractivity contribution in [3.8, 4) is 0 Å². The van der Waals surface area contributed by atoms with Crippen molar-refractivity contribution in [1.29, 1.82) is 0 Å². The summed E-state index contributed by atoms with van der Waals surface area (Å²) in [5.74, 6) is 1.92. The van der Waals surface area contributed by atoms with Crippen LogP contribution in [0.1, 0.15) is 49.1 Å². The number of rotatable bonds is 5. The molecular weight excluding hydrogens is 424 g/mol. The number of pyridine rings is 1. The summed E-state index contributed by atoms with van der Waals surface area (Å²) in [5.41, 5.74) is 4.19. The van der Waals surface area contributed by atoms with Gasteiger partial charge in [0.2, 0.25) is 10.8 Å². The van der Waals surface area contributed by atoms with Gasteiger partial charge in [-0.3, -0.25) is 4.98 Å². The van der Waals surface area contributed by atoms with E-state index in [1.165, 1.54) is 24.1 Å². The zero-order chi connectivity index (χ0) is 21.7. The molecule has 9 heteroatoms. The van der Waals surface area contributed by atoms with Crippen molar-refractivity contribution in [1.82, 2.24) is 15.0 Å². The van der Waals surface area contributed by atoms with Crippen LogP contribution in [0.25, 0.3) is 0 Å². The van der Waals surface area contributed by atoms with E-state index in [9.17, 15) is 9.66 Å². The lowest BCUT2D eigenvalue weighted by molar-refractivity contribution is 0.143. The second-order valence-electron chi connectivity index (χ2n) is 9.53. The smallest absolute Gasteiger partial charge is 0.228 e. The maximum Gasteiger partial charge on any atom is 0.228 e. The first kappa shape index (κ1) is 20.5. The van der Waals surface area contributed by atoms with E-state index in [1.54, 1.807) is 0 Å². The van der Waals surface area contributed by atoms with E-state index in [-0.39, 0.29) is 12.1 Å². The lowest BCUT2D eigenvalue weighted by atomic mass is 9.77. The Hall–Kier alpha value is -2.10. The van der Waals surface area contributed by atoms with Crippen LogP contribution < -0.4 is 15.1 Å². The molecule has 170 valence electrons. The Kier molecular flexibility index (Phi) is 5.15. The standard InChI is InChI=1S/C23H30N6O2S/c30-15-23(6-3-7-23)27-21-20-18(5-11-32(20)31)25-22(26-21)29-10-4-16-12-17(13-24-19(16)14-29)28-8-1-2-9-28/h12-13,30H,1-11,14-15H2,(H,25,26,27)/t32-/m1/s1. The highest BCUT2D eigenvalue weighted by atomic mass is 32.2. The highest BCUT2D eigenvalue weighted by molar-refractivity contribution is 7.91. The van der Waals surface area contributed by atoms with Gasteiger partial charge in [0.25, 0.3) is 0 Å². The van der Waals surface area contributed by atoms with Crippen LogP contribution in [0.5, 0.6) is 0 Å². The summed E-state index contributed by atoms with van der Waals surface area (Å²) < 4.78 is 12.7. The summed E-state index contributed by atoms with van der Waals surface area (Å²) in [6, 6.07) is 2.31. The third kappa shape index (κ3) is 3.50. The Labute approximate surface area is 191 Å². The van der Waals surface area contributed by atoms with Gasteiger partial charge in [0.05, 0.1) is 36.3 Å². The number of aliphatic hydroxyl groups is 1. The lowest BCUT2D eigenvalue weighted by Crippen LogP contribution is -2.49. The molecule has 0 amide bonds. The third-order valence-corrected chi connectivity index (χ3v) is 8.92. The number of hydrogen-bond donors (Lipinski definition) is 2. The van der Waals surface area contributed by atoms with Crippen LogP contribution in [0.4, 0.5) is 17.5 Å². The Morgan fingerprint density at radius 2 is 1.91 bits per heavy atom. The van der Waals surface area contributed by atoms with Gasteiger partial charge in [0, 0.05) is 26.1 Å². The first-order valence-electron chi connectivity index (χ1n) is 11.8. The van der Waals surface area contributed by atoms with Crippen LogP contribution in [-0.2, 0) is 30.6 Å². The van der Waals surface area contributed by atoms with Crippen LogP contribution in [0.2, 0.25) is 0 Å². The number of aryl methyl sites for hydroxylation is 1. The zero-order valence-corrected chi connectivity index (χ0v) is 19.2. The van der Waals surface area contributed by atoms with Crippen molar-refractivity contribution in [2.75, 3.05) is 47.1 Å². The number of hydrogen-bond acceptors (Lipinski definition) is 8. The summed E-state index contributed by atoms with van der Waals surface area (Å²) in [4.78, 5) is 19.8. The van der Waals surface area contributed by atoms with Gasteiger partial charge in [0.1, 0.15) is 11.4 Å². The summed E-state index contributed by atoms with van der Waals surface area (Å²) in [7, 11) is 0. The lowest BCUT2D eigenvalue weighted by Gasteiger charge is -2.41. The Morgan fingerprint density at radius 3 is 2.66 bits per heavy atom. The van der Waals surface area contributed by atoms with E-state index in [0.29, 0.717) is 30.5 Å². The summed E-state index contributed by atoms with van der Waals surface area (Å²) in [6.07, 6.45) is 9.06. The molecule has 32 heavy (non-hydrogen) atoms. The molecule has 0 unspecified atom stereocenters. The van der Waals surface area contributed by atoms with Crippen LogP contribution in [0.3, 0.4) is 0 Å². The minimum absolute atomic E-state index is 0.0636. The fraction of sp³-hybridized carbons (Fsp3) is 0.609. The Balaban J connectivity index is 1.28. The zero-order valence-electron chi connectivity index (χ0n) is 18.3. The maximum absolute atomic E-state index is 12.7. The summed E-state index contributed by atoms with van der Waals surface area (Å²) >= 11 is -1.08. The van der Waals surface area contributed by atoms with Crippen molar-refractivity contribution in [3.63, 3.8) is 0 Å². The van der Waals surface area contributed by atoms with Crippen molar-refractivity contribution in [2.24, 2.45) is 0 Å². The molecule has 1 atom stereocenters. The molecule has 6 rings (SSSR count). The third-order valence-electron chi connectivity index (χ3n) is 7.46. The Morgan fingerprint density at radius 1 is 1.06 bits per heavy atom. The number of nitrogens with zero attached hydrogens (tertiary/aromatic N) is 5. The van der Waals surface area contributed by atoms with Crippen molar-refractivity contribution in [2.45, 2.75) is 61.9 Å². The number of nitrogens with one attached hydrogen (secondary N) is 1. The quantitative estimate of drug-likeness (QED) is 0.662. The molecule has 5 heterocycles. The number of aromatic nitrogens is 3. The van der Waals surface area contributed by atoms with Gasteiger partial charge in [-0.15, -0.1) is 0 Å². The molecule has 2 fully saturated rings. The molecule has 1 saturated heterocycles. The first-order valence-corrected chi connectivity index (χ1v) is 13.1. The van der Waals surface area contributed by atoms with Gasteiger partial charge >= 0.3 is 0 Å². The van der Waals surface area contributed by atoms with Gasteiger partial charge in [-0.25, -0.2) is 4.98 Å². The van der Waals surface area contributed by atoms with Gasteiger partial charge in [0.15, 0.2) is 5.82 Å². The molecule has 2 aromatic rings. The largest absolute Gasteiger partial charge is 0.611 e. The predicted molar refractivity (Wildman–Crippen MR) is 125 cm³/mol. The second kappa shape index (κ2) is 8.04. The highest BCUT2D eigenvalue weighted by Gasteiger charge is 2.41. The molecule has 2 N–H and O–H groups in total. The van der Waals surface area contributed by atoms with E-state index >= 15 is 0 Å². The molecule has 1 aliphatic carbocycles. The number of anilines is 3. The van der Waals surface area contributed by atoms with Crippen LogP contribution in [-0.4, -0.2) is 62.1 Å². The van der Waals surface area contributed by atoms with Crippen molar-refractivity contribution < 1.29 is 9.66 Å². The molecule has 0 spiro atoms. The fourth-order valence-corrected chi connectivity index (χ4v) is 6.61. The normalized spacial score (nSPS) is 23.6. The van der Waals surface area contributed by atoms with E-state index < -0.39 is 11.2 Å². The van der Waals surface area contributed by atoms with Gasteiger partial charge < -0.3 is 24.8 Å². The second-order valence-corrected chi connectivity index (χ2v) is 11.0. The minimum Gasteiger partial charge on any atom is -0.611 e. The average molecular weight is 455 g/mol. The van der Waals surface area contributed by atoms with E-state index in [4.69, 9.17) is 15.0 Å². The van der Waals surface area contributed by atoms with E-state index in [1.807, 2.05) is 6.20 Å². The van der Waals surface area contributed by atoms with Gasteiger partial charge in [-0.05, 0) is 61.3 Å². The number of aliphatic hydroxyl groups excluding tert-OH is 1. The Bertz CT molecular complexity index is 1020. The van der Waals surface area contributed by atoms with Gasteiger partial charge in [-0.1, -0.05) is 0 Å². The summed E-state index contributed by atoms with van der Waals surface area (Å²) in [5, 5.41) is 13.4. The molecular formula is C23H30N6O2S. The van der Waals surface area contributed by atoms with Crippen molar-refractivity contribution in [3.05, 3.63) is 29.2 Å². The van der Waals surface area contributed by atoms with Crippen LogP contribution >= 0.6 is 0 Å². The molecule has 1 saturated carbocycles. The average Bonchev–Trinajstić information content (AvgIpc) is 3.46. The topological polar surface area (TPSA) is 100 Å². The van der Waals surface area contributed by atoms with Crippen LogP contribution in [0.15, 0.2) is 17.2 Å². The predicted octanol–water partition coefficient (Wildman–Crippen LogP) is 2.03. The first-order chi connectivity index (χ1) is 15.6. The number of fused-ring (bicyclic) bond motifs is 2. The summed E-state index contributed by atoms with van der Waals surface area (Å²) in [6.45, 7) is 3.84. The fourth-order valence-electron chi connectivity index (χ4n) is 5.31. The maximum atomic E-state index is 12.7. The van der Waals surface area contributed by atoms with Crippen LogP contribution in [0, 0.1) is 0 Å². The van der Waals surface area contributed by atoms with E-state index in [0.717, 1.165) is 61.6 Å². The molecule has 3 aliphatic heterocycles. The molecule has 0 bridgehead atoms.